The van der Waals surface area contributed by atoms with Crippen molar-refractivity contribution in [1.29, 1.82) is 0 Å². The molecule has 0 aliphatic heterocycles. The van der Waals surface area contributed by atoms with E-state index >= 15 is 0 Å². The molecule has 1 unspecified atom stereocenters. The van der Waals surface area contributed by atoms with Gasteiger partial charge in [-0.3, -0.25) is 4.79 Å². The minimum atomic E-state index is -3.69. The second-order valence-electron chi connectivity index (χ2n) is 3.48. The molecule has 1 aromatic rings. The van der Waals surface area contributed by atoms with Crippen LogP contribution in [0.25, 0.3) is 0 Å². The molecule has 1 atom stereocenters. The zero-order valence-corrected chi connectivity index (χ0v) is 14.1. The molecule has 1 rings (SSSR count). The predicted octanol–water partition coefficient (Wildman–Crippen LogP) is 2.66. The summed E-state index contributed by atoms with van der Waals surface area (Å²) in [7, 11) is -3.69. The van der Waals surface area contributed by atoms with Gasteiger partial charge in [-0.25, -0.2) is 13.1 Å². The first-order valence-electron chi connectivity index (χ1n) is 4.95. The summed E-state index contributed by atoms with van der Waals surface area (Å²) < 4.78 is 27.4. The third kappa shape index (κ3) is 4.02. The number of halogens is 2. The Labute approximate surface area is 126 Å². The number of thiophene rings is 1. The van der Waals surface area contributed by atoms with Crippen LogP contribution in [0.3, 0.4) is 0 Å². The first kappa shape index (κ1) is 16.1. The van der Waals surface area contributed by atoms with Gasteiger partial charge in [0.15, 0.2) is 0 Å². The molecule has 0 saturated carbocycles. The Hall–Kier alpha value is 0.0400. The highest BCUT2D eigenvalue weighted by atomic mass is 79.9. The Morgan fingerprint density at radius 2 is 2.17 bits per heavy atom. The molecule has 1 aromatic heterocycles. The smallest absolute Gasteiger partial charge is 0.307 e. The lowest BCUT2D eigenvalue weighted by Gasteiger charge is -2.11. The number of nitrogens with one attached hydrogen (secondary N) is 1. The summed E-state index contributed by atoms with van der Waals surface area (Å²) in [5.74, 6) is -1.73. The van der Waals surface area contributed by atoms with Gasteiger partial charge < -0.3 is 5.11 Å². The van der Waals surface area contributed by atoms with Gasteiger partial charge in [-0.1, -0.05) is 6.92 Å². The Morgan fingerprint density at radius 3 is 2.56 bits per heavy atom. The summed E-state index contributed by atoms with van der Waals surface area (Å²) in [5, 5.41) is 8.85. The Kier molecular flexibility index (Phi) is 5.78. The third-order valence-corrected chi connectivity index (χ3v) is 6.46. The molecule has 0 aliphatic rings. The van der Waals surface area contributed by atoms with E-state index in [1.165, 1.54) is 17.4 Å². The van der Waals surface area contributed by atoms with Crippen LogP contribution in [0, 0.1) is 5.92 Å². The maximum Gasteiger partial charge on any atom is 0.307 e. The largest absolute Gasteiger partial charge is 0.481 e. The van der Waals surface area contributed by atoms with E-state index in [-0.39, 0.29) is 11.4 Å². The Bertz CT molecular complexity index is 541. The SMILES string of the molecule is CCC(CNS(=O)(=O)c1cc(Br)sc1Br)C(=O)O. The average molecular weight is 421 g/mol. The van der Waals surface area contributed by atoms with E-state index in [1.807, 2.05) is 0 Å². The Morgan fingerprint density at radius 1 is 1.56 bits per heavy atom. The lowest BCUT2D eigenvalue weighted by atomic mass is 10.1. The standard InChI is InChI=1S/C9H11Br2NO4S2/c1-2-5(9(13)14)4-12-18(15,16)6-3-7(10)17-8(6)11/h3,5,12H,2,4H2,1H3,(H,13,14). The normalized spacial score (nSPS) is 13.5. The third-order valence-electron chi connectivity index (χ3n) is 2.28. The molecule has 0 amide bonds. The van der Waals surface area contributed by atoms with Gasteiger partial charge >= 0.3 is 5.97 Å². The van der Waals surface area contributed by atoms with Crippen molar-refractivity contribution in [3.8, 4) is 0 Å². The number of hydrogen-bond donors (Lipinski definition) is 2. The highest BCUT2D eigenvalue weighted by Gasteiger charge is 2.23. The van der Waals surface area contributed by atoms with Crippen molar-refractivity contribution >= 4 is 59.2 Å². The molecule has 0 radical (unpaired) electrons. The topological polar surface area (TPSA) is 83.5 Å². The fourth-order valence-electron chi connectivity index (χ4n) is 1.20. The van der Waals surface area contributed by atoms with Crippen LogP contribution in [0.1, 0.15) is 13.3 Å². The van der Waals surface area contributed by atoms with Crippen molar-refractivity contribution in [3.63, 3.8) is 0 Å². The predicted molar refractivity (Wildman–Crippen MR) is 76.3 cm³/mol. The van der Waals surface area contributed by atoms with E-state index in [0.29, 0.717) is 14.0 Å². The van der Waals surface area contributed by atoms with Gasteiger partial charge in [-0.15, -0.1) is 11.3 Å². The molecule has 2 N–H and O–H groups in total. The number of carboxylic acids is 1. The van der Waals surface area contributed by atoms with E-state index < -0.39 is 21.9 Å². The molecule has 5 nitrogen and oxygen atoms in total. The second-order valence-corrected chi connectivity index (χ2v) is 8.97. The van der Waals surface area contributed by atoms with Crippen LogP contribution in [0.15, 0.2) is 18.5 Å². The van der Waals surface area contributed by atoms with Crippen LogP contribution in [0.5, 0.6) is 0 Å². The second kappa shape index (κ2) is 6.47. The summed E-state index contributed by atoms with van der Waals surface area (Å²) in [6, 6.07) is 1.47. The molecular formula is C9H11Br2NO4S2. The molecule has 18 heavy (non-hydrogen) atoms. The monoisotopic (exact) mass is 419 g/mol. The Balaban J connectivity index is 2.83. The lowest BCUT2D eigenvalue weighted by Crippen LogP contribution is -2.32. The highest BCUT2D eigenvalue weighted by Crippen LogP contribution is 2.34. The van der Waals surface area contributed by atoms with Crippen molar-refractivity contribution in [2.45, 2.75) is 18.2 Å². The van der Waals surface area contributed by atoms with Crippen LogP contribution in [0.4, 0.5) is 0 Å². The first-order chi connectivity index (χ1) is 8.27. The van der Waals surface area contributed by atoms with E-state index in [4.69, 9.17) is 5.11 Å². The van der Waals surface area contributed by atoms with Gasteiger partial charge in [-0.2, -0.15) is 0 Å². The number of carboxylic acid groups (broad SMARTS) is 1. The summed E-state index contributed by atoms with van der Waals surface area (Å²) in [6.45, 7) is 1.58. The molecule has 0 aliphatic carbocycles. The summed E-state index contributed by atoms with van der Waals surface area (Å²) in [5.41, 5.74) is 0. The molecular weight excluding hydrogens is 410 g/mol. The van der Waals surface area contributed by atoms with Gasteiger partial charge in [0.25, 0.3) is 0 Å². The number of carbonyl (C=O) groups is 1. The molecule has 0 saturated heterocycles. The van der Waals surface area contributed by atoms with Crippen LogP contribution in [-0.2, 0) is 14.8 Å². The minimum absolute atomic E-state index is 0.111. The maximum atomic E-state index is 12.0. The minimum Gasteiger partial charge on any atom is -0.481 e. The fourth-order valence-corrected chi connectivity index (χ4v) is 6.09. The van der Waals surface area contributed by atoms with Crippen molar-refractivity contribution in [1.82, 2.24) is 4.72 Å². The van der Waals surface area contributed by atoms with Gasteiger partial charge in [0.1, 0.15) is 4.90 Å². The van der Waals surface area contributed by atoms with Crippen molar-refractivity contribution in [2.75, 3.05) is 6.54 Å². The molecule has 0 fully saturated rings. The van der Waals surface area contributed by atoms with Crippen molar-refractivity contribution in [3.05, 3.63) is 13.6 Å². The molecule has 9 heteroatoms. The van der Waals surface area contributed by atoms with Gasteiger partial charge in [0.2, 0.25) is 10.0 Å². The number of rotatable bonds is 6. The number of sulfonamides is 1. The number of aliphatic carboxylic acids is 1. The van der Waals surface area contributed by atoms with E-state index in [9.17, 15) is 13.2 Å². The summed E-state index contributed by atoms with van der Waals surface area (Å²) >= 11 is 7.59. The highest BCUT2D eigenvalue weighted by molar-refractivity contribution is 9.12. The van der Waals surface area contributed by atoms with E-state index in [1.54, 1.807) is 6.92 Å². The van der Waals surface area contributed by atoms with Gasteiger partial charge in [-0.05, 0) is 44.3 Å². The van der Waals surface area contributed by atoms with Crippen LogP contribution in [0.2, 0.25) is 0 Å². The van der Waals surface area contributed by atoms with Gasteiger partial charge in [0, 0.05) is 6.54 Å². The maximum absolute atomic E-state index is 12.0. The zero-order valence-electron chi connectivity index (χ0n) is 9.31. The molecule has 0 spiro atoms. The van der Waals surface area contributed by atoms with Crippen LogP contribution < -0.4 is 4.72 Å². The van der Waals surface area contributed by atoms with E-state index in [2.05, 4.69) is 36.6 Å². The summed E-state index contributed by atoms with van der Waals surface area (Å²) in [6.07, 6.45) is 0.367. The quantitative estimate of drug-likeness (QED) is 0.740. The van der Waals surface area contributed by atoms with Gasteiger partial charge in [0.05, 0.1) is 13.5 Å². The van der Waals surface area contributed by atoms with E-state index in [0.717, 1.165) is 0 Å². The van der Waals surface area contributed by atoms with Crippen molar-refractivity contribution in [2.24, 2.45) is 5.92 Å². The zero-order chi connectivity index (χ0) is 13.9. The molecule has 102 valence electrons. The van der Waals surface area contributed by atoms with Crippen molar-refractivity contribution < 1.29 is 18.3 Å². The molecule has 0 bridgehead atoms. The van der Waals surface area contributed by atoms with Crippen LogP contribution in [-0.4, -0.2) is 26.0 Å². The molecule has 0 aromatic carbocycles. The average Bonchev–Trinajstić information content (AvgIpc) is 2.58. The van der Waals surface area contributed by atoms with Crippen LogP contribution >= 0.6 is 43.2 Å². The summed E-state index contributed by atoms with van der Waals surface area (Å²) in [4.78, 5) is 10.9. The molecule has 1 heterocycles. The fraction of sp³-hybridized carbons (Fsp3) is 0.444. The first-order valence-corrected chi connectivity index (χ1v) is 8.83. The lowest BCUT2D eigenvalue weighted by molar-refractivity contribution is -0.141. The number of hydrogen-bond acceptors (Lipinski definition) is 4.